The summed E-state index contributed by atoms with van der Waals surface area (Å²) in [5, 5.41) is 2.57. The van der Waals surface area contributed by atoms with Gasteiger partial charge in [-0.15, -0.1) is 0 Å². The Hall–Kier alpha value is -0.800. The van der Waals surface area contributed by atoms with Gasteiger partial charge in [-0.2, -0.15) is 0 Å². The standard InChI is InChI=1S/C5H9FN2O/c6-1-3-8-4-2-7-5(8)9/h1-4H2,(H,7,9). The molecule has 0 bridgehead atoms. The van der Waals surface area contributed by atoms with Crippen LogP contribution in [-0.2, 0) is 0 Å². The van der Waals surface area contributed by atoms with Crippen LogP contribution in [0.15, 0.2) is 0 Å². The number of carbonyl (C=O) groups is 1. The fourth-order valence-electron chi connectivity index (χ4n) is 0.827. The van der Waals surface area contributed by atoms with Crippen LogP contribution >= 0.6 is 0 Å². The Labute approximate surface area is 52.8 Å². The van der Waals surface area contributed by atoms with E-state index in [-0.39, 0.29) is 12.6 Å². The molecule has 3 nitrogen and oxygen atoms in total. The van der Waals surface area contributed by atoms with Crippen molar-refractivity contribution in [3.63, 3.8) is 0 Å². The van der Waals surface area contributed by atoms with E-state index in [0.29, 0.717) is 13.1 Å². The van der Waals surface area contributed by atoms with E-state index in [1.165, 1.54) is 4.90 Å². The number of urea groups is 1. The molecule has 52 valence electrons. The van der Waals surface area contributed by atoms with Crippen molar-refractivity contribution in [3.05, 3.63) is 0 Å². The number of rotatable bonds is 2. The Balaban J connectivity index is 2.31. The maximum atomic E-state index is 11.6. The zero-order chi connectivity index (χ0) is 6.69. The number of amides is 2. The Morgan fingerprint density at radius 3 is 3.00 bits per heavy atom. The van der Waals surface area contributed by atoms with Crippen molar-refractivity contribution in [2.24, 2.45) is 0 Å². The fraction of sp³-hybridized carbons (Fsp3) is 0.800. The minimum atomic E-state index is -0.451. The Bertz CT molecular complexity index is 118. The Morgan fingerprint density at radius 1 is 1.78 bits per heavy atom. The van der Waals surface area contributed by atoms with Gasteiger partial charge in [-0.05, 0) is 0 Å². The summed E-state index contributed by atoms with van der Waals surface area (Å²) in [5.41, 5.74) is 0. The number of hydrogen-bond acceptors (Lipinski definition) is 1. The molecule has 0 saturated carbocycles. The van der Waals surface area contributed by atoms with Crippen LogP contribution in [0.3, 0.4) is 0 Å². The summed E-state index contributed by atoms with van der Waals surface area (Å²) in [6.45, 7) is 1.07. The summed E-state index contributed by atoms with van der Waals surface area (Å²) in [5.74, 6) is 0. The smallest absolute Gasteiger partial charge is 0.317 e. The van der Waals surface area contributed by atoms with Gasteiger partial charge >= 0.3 is 6.03 Å². The molecule has 0 aliphatic carbocycles. The van der Waals surface area contributed by atoms with Crippen LogP contribution in [0, 0.1) is 0 Å². The van der Waals surface area contributed by atoms with Crippen LogP contribution in [0.4, 0.5) is 9.18 Å². The third kappa shape index (κ3) is 1.31. The van der Waals surface area contributed by atoms with E-state index in [1.807, 2.05) is 0 Å². The van der Waals surface area contributed by atoms with Gasteiger partial charge in [0.05, 0.1) is 6.54 Å². The lowest BCUT2D eigenvalue weighted by atomic mass is 10.6. The van der Waals surface area contributed by atoms with Crippen molar-refractivity contribution in [3.8, 4) is 0 Å². The summed E-state index contributed by atoms with van der Waals surface area (Å²) in [6, 6.07) is -0.146. The molecule has 9 heavy (non-hydrogen) atoms. The van der Waals surface area contributed by atoms with Crippen LogP contribution in [0.2, 0.25) is 0 Å². The molecule has 0 unspecified atom stereocenters. The molecule has 1 N–H and O–H groups in total. The molecule has 1 fully saturated rings. The highest BCUT2D eigenvalue weighted by atomic mass is 19.1. The first-order chi connectivity index (χ1) is 4.34. The molecule has 0 aromatic rings. The molecule has 4 heteroatoms. The van der Waals surface area contributed by atoms with Gasteiger partial charge in [0.15, 0.2) is 0 Å². The minimum Gasteiger partial charge on any atom is -0.336 e. The zero-order valence-corrected chi connectivity index (χ0v) is 5.06. The van der Waals surface area contributed by atoms with Gasteiger partial charge in [-0.1, -0.05) is 0 Å². The highest BCUT2D eigenvalue weighted by molar-refractivity contribution is 5.76. The molecule has 0 aromatic heterocycles. The van der Waals surface area contributed by atoms with Crippen molar-refractivity contribution in [1.82, 2.24) is 10.2 Å². The van der Waals surface area contributed by atoms with Crippen LogP contribution in [0.25, 0.3) is 0 Å². The summed E-state index contributed by atoms with van der Waals surface area (Å²) in [4.78, 5) is 12.1. The fourth-order valence-corrected chi connectivity index (χ4v) is 0.827. The number of halogens is 1. The number of nitrogens with zero attached hydrogens (tertiary/aromatic N) is 1. The lowest BCUT2D eigenvalue weighted by molar-refractivity contribution is 0.213. The third-order valence-electron chi connectivity index (χ3n) is 1.30. The first kappa shape index (κ1) is 6.32. The summed E-state index contributed by atoms with van der Waals surface area (Å²) >= 11 is 0. The van der Waals surface area contributed by atoms with Gasteiger partial charge in [-0.3, -0.25) is 0 Å². The first-order valence-electron chi connectivity index (χ1n) is 2.93. The maximum Gasteiger partial charge on any atom is 0.317 e. The first-order valence-corrected chi connectivity index (χ1v) is 2.93. The van der Waals surface area contributed by atoms with Crippen LogP contribution in [0.1, 0.15) is 0 Å². The van der Waals surface area contributed by atoms with Gasteiger partial charge in [0, 0.05) is 13.1 Å². The molecular formula is C5H9FN2O. The molecule has 1 aliphatic rings. The second-order valence-electron chi connectivity index (χ2n) is 1.91. The number of hydrogen-bond donors (Lipinski definition) is 1. The van der Waals surface area contributed by atoms with E-state index < -0.39 is 6.67 Å². The van der Waals surface area contributed by atoms with Crippen LogP contribution in [-0.4, -0.2) is 37.2 Å². The third-order valence-corrected chi connectivity index (χ3v) is 1.30. The summed E-state index contributed by atoms with van der Waals surface area (Å²) < 4.78 is 11.6. The Morgan fingerprint density at radius 2 is 2.56 bits per heavy atom. The minimum absolute atomic E-state index is 0.146. The lowest BCUT2D eigenvalue weighted by Crippen LogP contribution is -2.29. The quantitative estimate of drug-likeness (QED) is 0.562. The molecule has 1 rings (SSSR count). The predicted molar refractivity (Wildman–Crippen MR) is 30.9 cm³/mol. The number of nitrogens with one attached hydrogen (secondary N) is 1. The monoisotopic (exact) mass is 132 g/mol. The molecule has 2 amide bonds. The van der Waals surface area contributed by atoms with Crippen molar-refractivity contribution < 1.29 is 9.18 Å². The molecule has 1 heterocycles. The van der Waals surface area contributed by atoms with E-state index >= 15 is 0 Å². The van der Waals surface area contributed by atoms with Gasteiger partial charge in [0.25, 0.3) is 0 Å². The van der Waals surface area contributed by atoms with Crippen molar-refractivity contribution in [2.45, 2.75) is 0 Å². The lowest BCUT2D eigenvalue weighted by Gasteiger charge is -2.09. The molecule has 0 radical (unpaired) electrons. The average Bonchev–Trinajstić information content (AvgIpc) is 2.18. The van der Waals surface area contributed by atoms with Crippen LogP contribution < -0.4 is 5.32 Å². The van der Waals surface area contributed by atoms with E-state index in [0.717, 1.165) is 0 Å². The van der Waals surface area contributed by atoms with E-state index in [1.54, 1.807) is 0 Å². The predicted octanol–water partition coefficient (Wildman–Crippen LogP) is -0.0189. The molecule has 0 atom stereocenters. The molecule has 0 spiro atoms. The maximum absolute atomic E-state index is 11.6. The summed E-state index contributed by atoms with van der Waals surface area (Å²) in [6.07, 6.45) is 0. The van der Waals surface area contributed by atoms with Gasteiger partial charge in [0.2, 0.25) is 0 Å². The van der Waals surface area contributed by atoms with Crippen molar-refractivity contribution in [2.75, 3.05) is 26.3 Å². The van der Waals surface area contributed by atoms with E-state index in [4.69, 9.17) is 0 Å². The Kier molecular flexibility index (Phi) is 1.87. The molecule has 1 saturated heterocycles. The average molecular weight is 132 g/mol. The van der Waals surface area contributed by atoms with Crippen molar-refractivity contribution in [1.29, 1.82) is 0 Å². The van der Waals surface area contributed by atoms with Gasteiger partial charge in [0.1, 0.15) is 6.67 Å². The van der Waals surface area contributed by atoms with Crippen LogP contribution in [0.5, 0.6) is 0 Å². The second-order valence-corrected chi connectivity index (χ2v) is 1.91. The number of carbonyl (C=O) groups excluding carboxylic acids is 1. The number of alkyl halides is 1. The van der Waals surface area contributed by atoms with E-state index in [9.17, 15) is 9.18 Å². The van der Waals surface area contributed by atoms with Gasteiger partial charge < -0.3 is 10.2 Å². The molecular weight excluding hydrogens is 123 g/mol. The summed E-state index contributed by atoms with van der Waals surface area (Å²) in [7, 11) is 0. The highest BCUT2D eigenvalue weighted by Gasteiger charge is 2.17. The normalized spacial score (nSPS) is 18.3. The topological polar surface area (TPSA) is 32.3 Å². The SMILES string of the molecule is O=C1NCCN1CCF. The molecule has 0 aromatic carbocycles. The molecule has 1 aliphatic heterocycles. The largest absolute Gasteiger partial charge is 0.336 e. The second kappa shape index (κ2) is 2.66. The van der Waals surface area contributed by atoms with Crippen molar-refractivity contribution >= 4 is 6.03 Å². The van der Waals surface area contributed by atoms with E-state index in [2.05, 4.69) is 5.32 Å². The highest BCUT2D eigenvalue weighted by Crippen LogP contribution is 1.94. The van der Waals surface area contributed by atoms with Gasteiger partial charge in [-0.25, -0.2) is 9.18 Å². The zero-order valence-electron chi connectivity index (χ0n) is 5.06.